The molecular formula is C14H18ClFN4. The molecular weight excluding hydrogens is 279 g/mol. The number of rotatable bonds is 5. The number of aryl methyl sites for hydroxylation is 2. The first-order valence-corrected chi connectivity index (χ1v) is 6.86. The van der Waals surface area contributed by atoms with Gasteiger partial charge in [-0.15, -0.1) is 0 Å². The average molecular weight is 297 g/mol. The van der Waals surface area contributed by atoms with E-state index >= 15 is 0 Å². The second kappa shape index (κ2) is 6.35. The van der Waals surface area contributed by atoms with Gasteiger partial charge in [-0.2, -0.15) is 5.10 Å². The van der Waals surface area contributed by atoms with Crippen molar-refractivity contribution in [2.45, 2.75) is 25.8 Å². The predicted octanol–water partition coefficient (Wildman–Crippen LogP) is 2.52. The van der Waals surface area contributed by atoms with Crippen molar-refractivity contribution in [3.63, 3.8) is 0 Å². The summed E-state index contributed by atoms with van der Waals surface area (Å²) in [6.07, 6.45) is 1.40. The summed E-state index contributed by atoms with van der Waals surface area (Å²) in [5, 5.41) is 4.48. The largest absolute Gasteiger partial charge is 0.272 e. The van der Waals surface area contributed by atoms with Gasteiger partial charge in [0, 0.05) is 24.7 Å². The van der Waals surface area contributed by atoms with E-state index in [1.54, 1.807) is 16.8 Å². The number of nitrogens with one attached hydrogen (secondary N) is 1. The normalized spacial score (nSPS) is 12.7. The highest BCUT2D eigenvalue weighted by Crippen LogP contribution is 2.25. The van der Waals surface area contributed by atoms with Crippen LogP contribution in [0.5, 0.6) is 0 Å². The Kier molecular flexibility index (Phi) is 4.75. The highest BCUT2D eigenvalue weighted by atomic mass is 35.5. The number of hydrazine groups is 1. The van der Waals surface area contributed by atoms with Gasteiger partial charge in [0.1, 0.15) is 5.82 Å². The van der Waals surface area contributed by atoms with E-state index < -0.39 is 5.82 Å². The van der Waals surface area contributed by atoms with Gasteiger partial charge in [0.2, 0.25) is 0 Å². The van der Waals surface area contributed by atoms with Crippen molar-refractivity contribution < 1.29 is 4.39 Å². The van der Waals surface area contributed by atoms with Crippen LogP contribution < -0.4 is 11.3 Å². The summed E-state index contributed by atoms with van der Waals surface area (Å²) < 4.78 is 15.9. The maximum Gasteiger partial charge on any atom is 0.146 e. The molecule has 0 saturated heterocycles. The molecule has 108 valence electrons. The Balaban J connectivity index is 2.28. The molecule has 1 aromatic carbocycles. The zero-order valence-corrected chi connectivity index (χ0v) is 12.3. The highest BCUT2D eigenvalue weighted by molar-refractivity contribution is 6.30. The third kappa shape index (κ3) is 3.00. The molecule has 6 heteroatoms. The quantitative estimate of drug-likeness (QED) is 0.658. The van der Waals surface area contributed by atoms with Crippen molar-refractivity contribution in [2.75, 3.05) is 0 Å². The number of benzene rings is 1. The van der Waals surface area contributed by atoms with Gasteiger partial charge in [0.15, 0.2) is 0 Å². The molecule has 4 nitrogen and oxygen atoms in total. The summed E-state index contributed by atoms with van der Waals surface area (Å²) in [6, 6.07) is 6.57. The van der Waals surface area contributed by atoms with Crippen molar-refractivity contribution >= 4 is 11.6 Å². The minimum absolute atomic E-state index is 0.0991. The van der Waals surface area contributed by atoms with Crippen molar-refractivity contribution in [1.82, 2.24) is 15.2 Å². The Morgan fingerprint density at radius 1 is 1.50 bits per heavy atom. The molecule has 1 unspecified atom stereocenters. The second-order valence-electron chi connectivity index (χ2n) is 4.67. The number of nitrogens with two attached hydrogens (primary N) is 1. The Bertz CT molecular complexity index is 597. The average Bonchev–Trinajstić information content (AvgIpc) is 2.80. The molecule has 0 aliphatic rings. The summed E-state index contributed by atoms with van der Waals surface area (Å²) >= 11 is 5.81. The van der Waals surface area contributed by atoms with Crippen LogP contribution in [0.1, 0.15) is 29.9 Å². The van der Waals surface area contributed by atoms with Gasteiger partial charge in [-0.1, -0.05) is 30.7 Å². The summed E-state index contributed by atoms with van der Waals surface area (Å²) in [4.78, 5) is 0. The van der Waals surface area contributed by atoms with Gasteiger partial charge in [0.05, 0.1) is 16.8 Å². The van der Waals surface area contributed by atoms with E-state index in [2.05, 4.69) is 10.5 Å². The first-order valence-electron chi connectivity index (χ1n) is 6.48. The molecule has 2 aromatic rings. The molecule has 1 heterocycles. The van der Waals surface area contributed by atoms with Crippen LogP contribution in [0, 0.1) is 5.82 Å². The third-order valence-electron chi connectivity index (χ3n) is 3.36. The fourth-order valence-corrected chi connectivity index (χ4v) is 2.37. The molecule has 0 aliphatic heterocycles. The van der Waals surface area contributed by atoms with Crippen LogP contribution in [0.25, 0.3) is 0 Å². The SMILES string of the molecule is CCc1cc(CC(NN)c2cccc(Cl)c2F)n(C)n1. The predicted molar refractivity (Wildman–Crippen MR) is 77.8 cm³/mol. The molecule has 3 N–H and O–H groups in total. The first kappa shape index (κ1) is 15.0. The topological polar surface area (TPSA) is 55.9 Å². The Morgan fingerprint density at radius 2 is 2.25 bits per heavy atom. The van der Waals surface area contributed by atoms with E-state index in [1.165, 1.54) is 6.07 Å². The minimum Gasteiger partial charge on any atom is -0.272 e. The third-order valence-corrected chi connectivity index (χ3v) is 3.65. The molecule has 20 heavy (non-hydrogen) atoms. The van der Waals surface area contributed by atoms with Gasteiger partial charge < -0.3 is 0 Å². The molecule has 2 rings (SSSR count). The Morgan fingerprint density at radius 3 is 2.85 bits per heavy atom. The Hall–Kier alpha value is -1.43. The smallest absolute Gasteiger partial charge is 0.146 e. The zero-order chi connectivity index (χ0) is 14.7. The lowest BCUT2D eigenvalue weighted by molar-refractivity contribution is 0.497. The van der Waals surface area contributed by atoms with Crippen molar-refractivity contribution in [3.05, 3.63) is 52.1 Å². The summed E-state index contributed by atoms with van der Waals surface area (Å²) in [5.74, 6) is 5.14. The van der Waals surface area contributed by atoms with Gasteiger partial charge in [-0.3, -0.25) is 16.0 Å². The summed E-state index contributed by atoms with van der Waals surface area (Å²) in [6.45, 7) is 2.04. The second-order valence-corrected chi connectivity index (χ2v) is 5.08. The van der Waals surface area contributed by atoms with Crippen LogP contribution in [0.3, 0.4) is 0 Å². The van der Waals surface area contributed by atoms with Gasteiger partial charge in [0.25, 0.3) is 0 Å². The number of nitrogens with zero attached hydrogens (tertiary/aromatic N) is 2. The van der Waals surface area contributed by atoms with E-state index in [-0.39, 0.29) is 11.1 Å². The first-order chi connectivity index (χ1) is 9.56. The molecule has 0 radical (unpaired) electrons. The molecule has 0 saturated carbocycles. The maximum atomic E-state index is 14.1. The van der Waals surface area contributed by atoms with Crippen LogP contribution in [-0.2, 0) is 19.9 Å². The van der Waals surface area contributed by atoms with Crippen LogP contribution in [0.4, 0.5) is 4.39 Å². The molecule has 0 fully saturated rings. The molecule has 0 bridgehead atoms. The van der Waals surface area contributed by atoms with Crippen LogP contribution in [-0.4, -0.2) is 9.78 Å². The molecule has 1 atom stereocenters. The van der Waals surface area contributed by atoms with Crippen molar-refractivity contribution in [2.24, 2.45) is 12.9 Å². The van der Waals surface area contributed by atoms with Gasteiger partial charge >= 0.3 is 0 Å². The summed E-state index contributed by atoms with van der Waals surface area (Å²) in [7, 11) is 1.87. The molecule has 0 spiro atoms. The lowest BCUT2D eigenvalue weighted by atomic mass is 10.0. The lowest BCUT2D eigenvalue weighted by Crippen LogP contribution is -2.30. The van der Waals surface area contributed by atoms with Crippen LogP contribution in [0.2, 0.25) is 5.02 Å². The minimum atomic E-state index is -0.435. The fraction of sp³-hybridized carbons (Fsp3) is 0.357. The molecule has 1 aromatic heterocycles. The number of aromatic nitrogens is 2. The molecule has 0 aliphatic carbocycles. The standard InChI is InChI=1S/C14H18ClFN4/c1-3-9-7-10(20(2)19-9)8-13(18-17)11-5-4-6-12(15)14(11)16/h4-7,13,18H,3,8,17H2,1-2H3. The van der Waals surface area contributed by atoms with E-state index in [0.717, 1.165) is 17.8 Å². The highest BCUT2D eigenvalue weighted by Gasteiger charge is 2.18. The number of halogens is 2. The van der Waals surface area contributed by atoms with E-state index in [1.807, 2.05) is 20.0 Å². The van der Waals surface area contributed by atoms with Crippen molar-refractivity contribution in [1.29, 1.82) is 0 Å². The summed E-state index contributed by atoms with van der Waals surface area (Å²) in [5.41, 5.74) is 5.10. The van der Waals surface area contributed by atoms with E-state index in [9.17, 15) is 4.39 Å². The van der Waals surface area contributed by atoms with Gasteiger partial charge in [-0.25, -0.2) is 4.39 Å². The van der Waals surface area contributed by atoms with Gasteiger partial charge in [-0.05, 0) is 18.6 Å². The van der Waals surface area contributed by atoms with Crippen molar-refractivity contribution in [3.8, 4) is 0 Å². The van der Waals surface area contributed by atoms with E-state index in [0.29, 0.717) is 12.0 Å². The number of hydrogen-bond acceptors (Lipinski definition) is 3. The maximum absolute atomic E-state index is 14.1. The lowest BCUT2D eigenvalue weighted by Gasteiger charge is -2.17. The number of hydrogen-bond donors (Lipinski definition) is 2. The van der Waals surface area contributed by atoms with E-state index in [4.69, 9.17) is 17.4 Å². The Labute approximate surface area is 122 Å². The van der Waals surface area contributed by atoms with Crippen LogP contribution >= 0.6 is 11.6 Å². The monoisotopic (exact) mass is 296 g/mol. The zero-order valence-electron chi connectivity index (χ0n) is 11.5. The molecule has 0 amide bonds. The fourth-order valence-electron chi connectivity index (χ4n) is 2.19. The van der Waals surface area contributed by atoms with Crippen LogP contribution in [0.15, 0.2) is 24.3 Å².